The highest BCUT2D eigenvalue weighted by molar-refractivity contribution is 6.62. The van der Waals surface area contributed by atoms with Crippen molar-refractivity contribution in [3.05, 3.63) is 53.6 Å². The van der Waals surface area contributed by atoms with Gasteiger partial charge in [0.15, 0.2) is 0 Å². The number of fused-ring (bicyclic) bond motifs is 3. The molecule has 2 nitrogen and oxygen atoms in total. The lowest BCUT2D eigenvalue weighted by molar-refractivity contribution is 0.00578. The Morgan fingerprint density at radius 2 is 1.53 bits per heavy atom. The van der Waals surface area contributed by atoms with Crippen LogP contribution in [0.5, 0.6) is 0 Å². The van der Waals surface area contributed by atoms with Crippen molar-refractivity contribution in [2.24, 2.45) is 23.7 Å². The minimum atomic E-state index is -0.303. The van der Waals surface area contributed by atoms with Gasteiger partial charge in [0.25, 0.3) is 0 Å². The lowest BCUT2D eigenvalue weighted by Crippen LogP contribution is -2.42. The molecule has 5 atom stereocenters. The number of hydrogen-bond acceptors (Lipinski definition) is 2. The molecule has 4 saturated carbocycles. The largest absolute Gasteiger partial charge is 0.494 e. The summed E-state index contributed by atoms with van der Waals surface area (Å²) >= 11 is 0. The van der Waals surface area contributed by atoms with Crippen molar-refractivity contribution >= 4 is 12.6 Å². The normalized spacial score (nSPS) is 38.5. The van der Waals surface area contributed by atoms with Gasteiger partial charge in [-0.1, -0.05) is 42.5 Å². The van der Waals surface area contributed by atoms with Crippen molar-refractivity contribution in [3.8, 4) is 11.1 Å². The van der Waals surface area contributed by atoms with Crippen LogP contribution in [0.1, 0.15) is 64.5 Å². The van der Waals surface area contributed by atoms with E-state index in [0.29, 0.717) is 0 Å². The topological polar surface area (TPSA) is 18.5 Å². The zero-order valence-electron chi connectivity index (χ0n) is 18.6. The molecule has 0 amide bonds. The Kier molecular flexibility index (Phi) is 3.26. The summed E-state index contributed by atoms with van der Waals surface area (Å²) < 4.78 is 12.9. The molecular formula is C27H31BO2. The van der Waals surface area contributed by atoms with Crippen LogP contribution in [0.3, 0.4) is 0 Å². The van der Waals surface area contributed by atoms with Gasteiger partial charge < -0.3 is 9.31 Å². The smallest absolute Gasteiger partial charge is 0.399 e. The Hall–Kier alpha value is -1.58. The first kappa shape index (κ1) is 18.0. The fraction of sp³-hybridized carbons (Fsp3) is 0.556. The van der Waals surface area contributed by atoms with Crippen LogP contribution in [0.4, 0.5) is 0 Å². The summed E-state index contributed by atoms with van der Waals surface area (Å²) in [5, 5.41) is 0. The Labute approximate surface area is 180 Å². The molecule has 1 aliphatic heterocycles. The molecule has 2 aromatic rings. The van der Waals surface area contributed by atoms with Crippen LogP contribution in [0.15, 0.2) is 42.5 Å². The fourth-order valence-electron chi connectivity index (χ4n) is 8.12. The van der Waals surface area contributed by atoms with E-state index in [9.17, 15) is 0 Å². The van der Waals surface area contributed by atoms with E-state index in [2.05, 4.69) is 70.2 Å². The number of benzene rings is 2. The van der Waals surface area contributed by atoms with Crippen molar-refractivity contribution in [1.29, 1.82) is 0 Å². The molecule has 8 rings (SSSR count). The highest BCUT2D eigenvalue weighted by Crippen LogP contribution is 2.72. The summed E-state index contributed by atoms with van der Waals surface area (Å²) in [7, 11) is -0.282. The molecule has 0 aromatic heterocycles. The number of hydrogen-bond donors (Lipinski definition) is 0. The SMILES string of the molecule is CC1(C)OB(c2ccc3c(c2)C2(c4ccccc4-3)C3CC4CC(C3)C2C4)OC1(C)C. The first-order valence-corrected chi connectivity index (χ1v) is 11.9. The highest BCUT2D eigenvalue weighted by Gasteiger charge is 2.66. The molecule has 5 aliphatic carbocycles. The molecule has 1 saturated heterocycles. The summed E-state index contributed by atoms with van der Waals surface area (Å²) in [6.45, 7) is 8.58. The third-order valence-electron chi connectivity index (χ3n) is 9.90. The van der Waals surface area contributed by atoms with E-state index in [0.717, 1.165) is 23.7 Å². The van der Waals surface area contributed by atoms with Gasteiger partial charge >= 0.3 is 7.12 Å². The van der Waals surface area contributed by atoms with E-state index in [1.54, 1.807) is 11.1 Å². The quantitative estimate of drug-likeness (QED) is 0.606. The molecule has 0 radical (unpaired) electrons. The summed E-state index contributed by atoms with van der Waals surface area (Å²) in [4.78, 5) is 0. The van der Waals surface area contributed by atoms with E-state index < -0.39 is 0 Å². The van der Waals surface area contributed by atoms with E-state index in [1.807, 2.05) is 0 Å². The monoisotopic (exact) mass is 398 g/mol. The van der Waals surface area contributed by atoms with Crippen LogP contribution >= 0.6 is 0 Å². The van der Waals surface area contributed by atoms with Crippen molar-refractivity contribution in [2.75, 3.05) is 0 Å². The molecular weight excluding hydrogens is 367 g/mol. The third kappa shape index (κ3) is 1.96. The van der Waals surface area contributed by atoms with Gasteiger partial charge in [0.2, 0.25) is 0 Å². The summed E-state index contributed by atoms with van der Waals surface area (Å²) in [6, 6.07) is 16.4. The Morgan fingerprint density at radius 1 is 0.800 bits per heavy atom. The maximum absolute atomic E-state index is 6.44. The van der Waals surface area contributed by atoms with Gasteiger partial charge in [-0.25, -0.2) is 0 Å². The predicted molar refractivity (Wildman–Crippen MR) is 121 cm³/mol. The van der Waals surface area contributed by atoms with E-state index in [4.69, 9.17) is 9.31 Å². The second kappa shape index (κ2) is 5.42. The third-order valence-corrected chi connectivity index (χ3v) is 9.90. The minimum absolute atomic E-state index is 0.225. The Bertz CT molecular complexity index is 1050. The molecule has 5 unspecified atom stereocenters. The molecule has 30 heavy (non-hydrogen) atoms. The van der Waals surface area contributed by atoms with Gasteiger partial charge in [0.1, 0.15) is 0 Å². The van der Waals surface area contributed by atoms with Crippen molar-refractivity contribution in [1.82, 2.24) is 0 Å². The van der Waals surface area contributed by atoms with Gasteiger partial charge in [-0.3, -0.25) is 0 Å². The van der Waals surface area contributed by atoms with E-state index >= 15 is 0 Å². The van der Waals surface area contributed by atoms with Gasteiger partial charge in [-0.15, -0.1) is 0 Å². The standard InChI is InChI=1S/C27H31BO2/c1-25(2)26(3,4)30-28(29-25)19-9-10-21-20-7-5-6-8-22(20)27(24(21)15-19)18-12-16-11-17(14-18)23(27)13-16/h5-10,15-18,23H,11-14H2,1-4H3. The lowest BCUT2D eigenvalue weighted by atomic mass is 9.59. The van der Waals surface area contributed by atoms with Crippen molar-refractivity contribution in [3.63, 3.8) is 0 Å². The molecule has 1 spiro atoms. The summed E-state index contributed by atoms with van der Waals surface area (Å²) in [5.41, 5.74) is 6.94. The second-order valence-electron chi connectivity index (χ2n) is 11.7. The lowest BCUT2D eigenvalue weighted by Gasteiger charge is -2.44. The molecule has 3 heteroatoms. The molecule has 6 aliphatic rings. The van der Waals surface area contributed by atoms with Crippen LogP contribution in [0.25, 0.3) is 11.1 Å². The van der Waals surface area contributed by atoms with Gasteiger partial charge in [0.05, 0.1) is 11.2 Å². The molecule has 5 fully saturated rings. The summed E-state index contributed by atoms with van der Waals surface area (Å²) in [6.07, 6.45) is 5.74. The van der Waals surface area contributed by atoms with Gasteiger partial charge in [-0.05, 0) is 105 Å². The summed E-state index contributed by atoms with van der Waals surface area (Å²) in [5.74, 6) is 3.52. The first-order valence-electron chi connectivity index (χ1n) is 11.9. The van der Waals surface area contributed by atoms with Crippen LogP contribution in [-0.4, -0.2) is 18.3 Å². The maximum Gasteiger partial charge on any atom is 0.494 e. The zero-order chi connectivity index (χ0) is 20.5. The Balaban J connectivity index is 1.41. The van der Waals surface area contributed by atoms with Crippen LogP contribution in [0.2, 0.25) is 0 Å². The second-order valence-corrected chi connectivity index (χ2v) is 11.7. The number of rotatable bonds is 1. The van der Waals surface area contributed by atoms with Gasteiger partial charge in [0, 0.05) is 5.41 Å². The molecule has 4 bridgehead atoms. The van der Waals surface area contributed by atoms with Crippen LogP contribution in [-0.2, 0) is 14.7 Å². The van der Waals surface area contributed by atoms with Crippen molar-refractivity contribution < 1.29 is 9.31 Å². The maximum atomic E-state index is 6.44. The zero-order valence-corrected chi connectivity index (χ0v) is 18.6. The molecule has 0 N–H and O–H groups in total. The van der Waals surface area contributed by atoms with E-state index in [1.165, 1.54) is 42.3 Å². The predicted octanol–water partition coefficient (Wildman–Crippen LogP) is 5.32. The minimum Gasteiger partial charge on any atom is -0.399 e. The Morgan fingerprint density at radius 3 is 2.30 bits per heavy atom. The fourth-order valence-corrected chi connectivity index (χ4v) is 8.12. The molecule has 1 heterocycles. The van der Waals surface area contributed by atoms with Crippen LogP contribution in [0, 0.1) is 23.7 Å². The van der Waals surface area contributed by atoms with Gasteiger partial charge in [-0.2, -0.15) is 0 Å². The average Bonchev–Trinajstić information content (AvgIpc) is 3.31. The molecule has 2 aromatic carbocycles. The average molecular weight is 398 g/mol. The molecule has 154 valence electrons. The van der Waals surface area contributed by atoms with E-state index in [-0.39, 0.29) is 23.7 Å². The van der Waals surface area contributed by atoms with Crippen molar-refractivity contribution in [2.45, 2.75) is 70.0 Å². The van der Waals surface area contributed by atoms with Crippen LogP contribution < -0.4 is 5.46 Å². The highest BCUT2D eigenvalue weighted by atomic mass is 16.7. The first-order chi connectivity index (χ1) is 14.3.